The molecule has 1 aromatic rings. The predicted molar refractivity (Wildman–Crippen MR) is 53.2 cm³/mol. The van der Waals surface area contributed by atoms with Crippen molar-refractivity contribution in [3.8, 4) is 0 Å². The van der Waals surface area contributed by atoms with E-state index in [-0.39, 0.29) is 5.75 Å². The second kappa shape index (κ2) is 4.55. The Morgan fingerprint density at radius 1 is 1.50 bits per heavy atom. The van der Waals surface area contributed by atoms with Crippen LogP contribution in [0.3, 0.4) is 0 Å². The minimum atomic E-state index is -2.68. The standard InChI is InChI=1S/C10H10F2OS/c1-10(11,12)7-14-9-4-2-3-8(5-9)6-13/h2-6H,7H2,1H3. The van der Waals surface area contributed by atoms with Gasteiger partial charge in [-0.25, -0.2) is 8.78 Å². The van der Waals surface area contributed by atoms with Gasteiger partial charge in [0, 0.05) is 17.4 Å². The van der Waals surface area contributed by atoms with Crippen molar-refractivity contribution in [1.82, 2.24) is 0 Å². The minimum Gasteiger partial charge on any atom is -0.298 e. The number of hydrogen-bond acceptors (Lipinski definition) is 2. The SMILES string of the molecule is CC(F)(F)CSc1cccc(C=O)c1. The number of halogens is 2. The first-order valence-corrected chi connectivity index (χ1v) is 5.06. The van der Waals surface area contributed by atoms with Gasteiger partial charge in [-0.05, 0) is 12.1 Å². The van der Waals surface area contributed by atoms with Gasteiger partial charge in [0.1, 0.15) is 6.29 Å². The third-order valence-electron chi connectivity index (χ3n) is 1.49. The zero-order chi connectivity index (χ0) is 10.6. The summed E-state index contributed by atoms with van der Waals surface area (Å²) in [4.78, 5) is 11.1. The van der Waals surface area contributed by atoms with Crippen LogP contribution < -0.4 is 0 Å². The molecule has 1 aromatic carbocycles. The number of benzene rings is 1. The van der Waals surface area contributed by atoms with E-state index in [1.165, 1.54) is 0 Å². The van der Waals surface area contributed by atoms with Gasteiger partial charge >= 0.3 is 0 Å². The van der Waals surface area contributed by atoms with Crippen LogP contribution in [0.1, 0.15) is 17.3 Å². The van der Waals surface area contributed by atoms with Gasteiger partial charge in [-0.3, -0.25) is 4.79 Å². The van der Waals surface area contributed by atoms with Gasteiger partial charge in [-0.2, -0.15) is 0 Å². The molecule has 0 heterocycles. The Morgan fingerprint density at radius 3 is 2.79 bits per heavy atom. The molecule has 0 N–H and O–H groups in total. The molecule has 0 bridgehead atoms. The van der Waals surface area contributed by atoms with Crippen molar-refractivity contribution in [2.45, 2.75) is 17.7 Å². The van der Waals surface area contributed by atoms with Gasteiger partial charge in [0.25, 0.3) is 5.92 Å². The highest BCUT2D eigenvalue weighted by Crippen LogP contribution is 2.25. The second-order valence-electron chi connectivity index (χ2n) is 3.05. The van der Waals surface area contributed by atoms with Crippen LogP contribution in [0.5, 0.6) is 0 Å². The lowest BCUT2D eigenvalue weighted by Crippen LogP contribution is -2.12. The number of thioether (sulfide) groups is 1. The molecule has 0 saturated carbocycles. The summed E-state index contributed by atoms with van der Waals surface area (Å²) < 4.78 is 25.0. The predicted octanol–water partition coefficient (Wildman–Crippen LogP) is 3.25. The summed E-state index contributed by atoms with van der Waals surface area (Å²) in [6, 6.07) is 6.63. The average Bonchev–Trinajstić information content (AvgIpc) is 2.14. The normalized spacial score (nSPS) is 11.4. The van der Waals surface area contributed by atoms with E-state index in [2.05, 4.69) is 0 Å². The van der Waals surface area contributed by atoms with Crippen molar-refractivity contribution >= 4 is 18.0 Å². The smallest absolute Gasteiger partial charge is 0.254 e. The molecule has 1 rings (SSSR count). The average molecular weight is 216 g/mol. The van der Waals surface area contributed by atoms with Crippen LogP contribution in [-0.2, 0) is 0 Å². The summed E-state index contributed by atoms with van der Waals surface area (Å²) in [5.74, 6) is -2.95. The van der Waals surface area contributed by atoms with E-state index < -0.39 is 5.92 Å². The third kappa shape index (κ3) is 3.87. The summed E-state index contributed by atoms with van der Waals surface area (Å²) in [5, 5.41) is 0. The fraction of sp³-hybridized carbons (Fsp3) is 0.300. The highest BCUT2D eigenvalue weighted by molar-refractivity contribution is 7.99. The number of carbonyl (C=O) groups excluding carboxylic acids is 1. The third-order valence-corrected chi connectivity index (χ3v) is 2.72. The van der Waals surface area contributed by atoms with Crippen LogP contribution >= 0.6 is 11.8 Å². The number of aldehydes is 1. The number of alkyl halides is 2. The van der Waals surface area contributed by atoms with Crippen LogP contribution in [0, 0.1) is 0 Å². The number of hydrogen-bond donors (Lipinski definition) is 0. The maximum atomic E-state index is 12.5. The van der Waals surface area contributed by atoms with Crippen LogP contribution in [0.15, 0.2) is 29.2 Å². The first-order valence-electron chi connectivity index (χ1n) is 4.07. The van der Waals surface area contributed by atoms with E-state index in [4.69, 9.17) is 0 Å². The Kier molecular flexibility index (Phi) is 3.63. The van der Waals surface area contributed by atoms with Crippen molar-refractivity contribution < 1.29 is 13.6 Å². The largest absolute Gasteiger partial charge is 0.298 e. The molecule has 0 aliphatic heterocycles. The summed E-state index contributed by atoms with van der Waals surface area (Å²) in [7, 11) is 0. The molecule has 1 nitrogen and oxygen atoms in total. The second-order valence-corrected chi connectivity index (χ2v) is 4.10. The highest BCUT2D eigenvalue weighted by Gasteiger charge is 2.20. The van der Waals surface area contributed by atoms with E-state index in [0.29, 0.717) is 16.7 Å². The molecule has 0 saturated heterocycles. The Labute approximate surface area is 85.5 Å². The van der Waals surface area contributed by atoms with Gasteiger partial charge < -0.3 is 0 Å². The van der Waals surface area contributed by atoms with Crippen LogP contribution in [0.2, 0.25) is 0 Å². The van der Waals surface area contributed by atoms with Crippen LogP contribution in [0.25, 0.3) is 0 Å². The first kappa shape index (κ1) is 11.2. The molecule has 0 amide bonds. The first-order chi connectivity index (χ1) is 6.51. The van der Waals surface area contributed by atoms with Gasteiger partial charge in [-0.15, -0.1) is 11.8 Å². The molecule has 4 heteroatoms. The number of rotatable bonds is 4. The fourth-order valence-electron chi connectivity index (χ4n) is 0.888. The molecule has 0 atom stereocenters. The van der Waals surface area contributed by atoms with Crippen molar-refractivity contribution in [2.75, 3.05) is 5.75 Å². The van der Waals surface area contributed by atoms with E-state index in [1.807, 2.05) is 0 Å². The lowest BCUT2D eigenvalue weighted by Gasteiger charge is -2.09. The maximum absolute atomic E-state index is 12.5. The lowest BCUT2D eigenvalue weighted by molar-refractivity contribution is 0.0492. The van der Waals surface area contributed by atoms with Crippen LogP contribution in [0.4, 0.5) is 8.78 Å². The molecule has 14 heavy (non-hydrogen) atoms. The summed E-state index contributed by atoms with van der Waals surface area (Å²) >= 11 is 1.05. The van der Waals surface area contributed by atoms with Crippen molar-refractivity contribution in [1.29, 1.82) is 0 Å². The fourth-order valence-corrected chi connectivity index (χ4v) is 1.70. The summed E-state index contributed by atoms with van der Waals surface area (Å²) in [6.45, 7) is 0.879. The Hall–Kier alpha value is -0.900. The molecular weight excluding hydrogens is 206 g/mol. The number of carbonyl (C=O) groups is 1. The summed E-state index contributed by atoms with van der Waals surface area (Å²) in [6.07, 6.45) is 0.703. The van der Waals surface area contributed by atoms with E-state index >= 15 is 0 Å². The molecule has 0 radical (unpaired) electrons. The van der Waals surface area contributed by atoms with Crippen molar-refractivity contribution in [2.24, 2.45) is 0 Å². The minimum absolute atomic E-state index is 0.269. The Bertz CT molecular complexity index is 320. The zero-order valence-corrected chi connectivity index (χ0v) is 8.48. The molecule has 0 fully saturated rings. The molecule has 76 valence electrons. The lowest BCUT2D eigenvalue weighted by atomic mass is 10.2. The monoisotopic (exact) mass is 216 g/mol. The van der Waals surface area contributed by atoms with E-state index in [1.54, 1.807) is 24.3 Å². The molecule has 0 spiro atoms. The highest BCUT2D eigenvalue weighted by atomic mass is 32.2. The molecule has 0 aliphatic rings. The summed E-state index contributed by atoms with van der Waals surface area (Å²) in [5.41, 5.74) is 0.509. The molecule has 0 unspecified atom stereocenters. The zero-order valence-electron chi connectivity index (χ0n) is 7.67. The van der Waals surface area contributed by atoms with Gasteiger partial charge in [-0.1, -0.05) is 12.1 Å². The Balaban J connectivity index is 2.63. The molecule has 0 aromatic heterocycles. The van der Waals surface area contributed by atoms with Gasteiger partial charge in [0.05, 0.1) is 5.75 Å². The topological polar surface area (TPSA) is 17.1 Å². The molecular formula is C10H10F2OS. The van der Waals surface area contributed by atoms with E-state index in [9.17, 15) is 13.6 Å². The van der Waals surface area contributed by atoms with Crippen LogP contribution in [-0.4, -0.2) is 18.0 Å². The Morgan fingerprint density at radius 2 is 2.21 bits per heavy atom. The van der Waals surface area contributed by atoms with Gasteiger partial charge in [0.15, 0.2) is 0 Å². The van der Waals surface area contributed by atoms with E-state index in [0.717, 1.165) is 18.7 Å². The molecule has 0 aliphatic carbocycles. The van der Waals surface area contributed by atoms with Gasteiger partial charge in [0.2, 0.25) is 0 Å². The maximum Gasteiger partial charge on any atom is 0.254 e. The quantitative estimate of drug-likeness (QED) is 0.567. The van der Waals surface area contributed by atoms with Crippen molar-refractivity contribution in [3.05, 3.63) is 29.8 Å². The van der Waals surface area contributed by atoms with Crippen molar-refractivity contribution in [3.63, 3.8) is 0 Å².